The van der Waals surface area contributed by atoms with Crippen LogP contribution < -0.4 is 5.32 Å². The fourth-order valence-electron chi connectivity index (χ4n) is 2.95. The number of rotatable bonds is 6. The van der Waals surface area contributed by atoms with E-state index in [2.05, 4.69) is 24.1 Å². The van der Waals surface area contributed by atoms with E-state index in [0.717, 1.165) is 12.0 Å². The predicted molar refractivity (Wildman–Crippen MR) is 69.7 cm³/mol. The molecule has 0 bridgehead atoms. The molecule has 1 aliphatic heterocycles. The van der Waals surface area contributed by atoms with Crippen molar-refractivity contribution in [3.8, 4) is 0 Å². The number of nitrogens with zero attached hydrogens (tertiary/aromatic N) is 1. The highest BCUT2D eigenvalue weighted by Crippen LogP contribution is 2.36. The van der Waals surface area contributed by atoms with E-state index in [9.17, 15) is 0 Å². The van der Waals surface area contributed by atoms with E-state index in [1.54, 1.807) is 0 Å². The molecule has 2 nitrogen and oxygen atoms in total. The van der Waals surface area contributed by atoms with Crippen LogP contribution in [0.5, 0.6) is 0 Å². The van der Waals surface area contributed by atoms with Gasteiger partial charge in [-0.3, -0.25) is 4.90 Å². The summed E-state index contributed by atoms with van der Waals surface area (Å²) in [7, 11) is 0. The molecule has 2 unspecified atom stereocenters. The monoisotopic (exact) mass is 224 g/mol. The largest absolute Gasteiger partial charge is 0.311 e. The molecule has 0 aromatic carbocycles. The van der Waals surface area contributed by atoms with E-state index < -0.39 is 0 Å². The van der Waals surface area contributed by atoms with Crippen molar-refractivity contribution in [2.24, 2.45) is 5.92 Å². The molecule has 1 aliphatic carbocycles. The van der Waals surface area contributed by atoms with Crippen LogP contribution in [0.15, 0.2) is 0 Å². The van der Waals surface area contributed by atoms with Crippen LogP contribution in [-0.2, 0) is 0 Å². The summed E-state index contributed by atoms with van der Waals surface area (Å²) in [6.07, 6.45) is 8.55. The van der Waals surface area contributed by atoms with Gasteiger partial charge in [-0.1, -0.05) is 26.2 Å². The third-order valence-electron chi connectivity index (χ3n) is 4.12. The van der Waals surface area contributed by atoms with Crippen LogP contribution in [0, 0.1) is 5.92 Å². The normalized spacial score (nSPS) is 31.9. The predicted octanol–water partition coefficient (Wildman–Crippen LogP) is 2.64. The molecule has 94 valence electrons. The molecule has 0 aromatic heterocycles. The van der Waals surface area contributed by atoms with Crippen LogP contribution in [0.2, 0.25) is 0 Å². The van der Waals surface area contributed by atoms with Gasteiger partial charge in [0.15, 0.2) is 0 Å². The number of unbranched alkanes of at least 4 members (excludes halogenated alkanes) is 3. The first-order valence-corrected chi connectivity index (χ1v) is 7.28. The second-order valence-electron chi connectivity index (χ2n) is 5.77. The summed E-state index contributed by atoms with van der Waals surface area (Å²) in [6, 6.07) is 1.55. The number of hydrogen-bond acceptors (Lipinski definition) is 2. The Balaban J connectivity index is 1.73. The lowest BCUT2D eigenvalue weighted by Crippen LogP contribution is -2.56. The molecule has 1 saturated heterocycles. The molecular formula is C14H28N2. The fraction of sp³-hybridized carbons (Fsp3) is 1.00. The third-order valence-corrected chi connectivity index (χ3v) is 4.12. The van der Waals surface area contributed by atoms with Gasteiger partial charge in [0.05, 0.1) is 0 Å². The smallest absolute Gasteiger partial charge is 0.0249 e. The third kappa shape index (κ3) is 3.46. The lowest BCUT2D eigenvalue weighted by atomic mass is 10.0. The molecule has 1 saturated carbocycles. The Kier molecular flexibility index (Phi) is 4.66. The van der Waals surface area contributed by atoms with Crippen molar-refractivity contribution in [2.45, 2.75) is 64.5 Å². The van der Waals surface area contributed by atoms with E-state index in [4.69, 9.17) is 0 Å². The lowest BCUT2D eigenvalue weighted by Gasteiger charge is -2.39. The summed E-state index contributed by atoms with van der Waals surface area (Å²) in [5.41, 5.74) is 0. The summed E-state index contributed by atoms with van der Waals surface area (Å²) in [4.78, 5) is 2.77. The first-order chi connectivity index (χ1) is 7.81. The maximum absolute atomic E-state index is 3.64. The van der Waals surface area contributed by atoms with E-state index in [-0.39, 0.29) is 0 Å². The number of nitrogens with one attached hydrogen (secondary N) is 1. The molecule has 0 amide bonds. The average Bonchev–Trinajstić information content (AvgIpc) is 3.08. The second kappa shape index (κ2) is 6.02. The van der Waals surface area contributed by atoms with Crippen molar-refractivity contribution in [3.05, 3.63) is 0 Å². The van der Waals surface area contributed by atoms with Crippen LogP contribution in [-0.4, -0.2) is 36.6 Å². The van der Waals surface area contributed by atoms with Crippen LogP contribution in [0.25, 0.3) is 0 Å². The molecule has 0 spiro atoms. The summed E-state index contributed by atoms with van der Waals surface area (Å²) >= 11 is 0. The standard InChI is InChI=1S/C14H28N2/c1-3-4-5-6-9-16-11-12(2)15-10-14(16)13-7-8-13/h12-15H,3-11H2,1-2H3. The van der Waals surface area contributed by atoms with Crippen LogP contribution >= 0.6 is 0 Å². The zero-order valence-corrected chi connectivity index (χ0v) is 11.0. The van der Waals surface area contributed by atoms with Crippen molar-refractivity contribution in [3.63, 3.8) is 0 Å². The van der Waals surface area contributed by atoms with E-state index in [0.29, 0.717) is 6.04 Å². The first-order valence-electron chi connectivity index (χ1n) is 7.28. The Hall–Kier alpha value is -0.0800. The zero-order chi connectivity index (χ0) is 11.4. The second-order valence-corrected chi connectivity index (χ2v) is 5.77. The molecule has 1 N–H and O–H groups in total. The summed E-state index contributed by atoms with van der Waals surface area (Å²) in [5, 5.41) is 3.64. The minimum absolute atomic E-state index is 0.696. The lowest BCUT2D eigenvalue weighted by molar-refractivity contribution is 0.117. The summed E-state index contributed by atoms with van der Waals surface area (Å²) in [6.45, 7) is 8.46. The molecular weight excluding hydrogens is 196 g/mol. The highest BCUT2D eigenvalue weighted by atomic mass is 15.2. The van der Waals surface area contributed by atoms with Crippen molar-refractivity contribution in [2.75, 3.05) is 19.6 Å². The molecule has 0 aromatic rings. The molecule has 1 heterocycles. The van der Waals surface area contributed by atoms with Crippen LogP contribution in [0.1, 0.15) is 52.4 Å². The molecule has 2 aliphatic rings. The molecule has 16 heavy (non-hydrogen) atoms. The van der Waals surface area contributed by atoms with Gasteiger partial charge in [-0.05, 0) is 38.6 Å². The fourth-order valence-corrected chi connectivity index (χ4v) is 2.95. The van der Waals surface area contributed by atoms with Crippen molar-refractivity contribution < 1.29 is 0 Å². The Morgan fingerprint density at radius 1 is 1.19 bits per heavy atom. The molecule has 0 radical (unpaired) electrons. The van der Waals surface area contributed by atoms with Crippen molar-refractivity contribution in [1.29, 1.82) is 0 Å². The molecule has 2 rings (SSSR count). The van der Waals surface area contributed by atoms with Gasteiger partial charge in [0.25, 0.3) is 0 Å². The maximum Gasteiger partial charge on any atom is 0.0249 e. The van der Waals surface area contributed by atoms with Gasteiger partial charge < -0.3 is 5.32 Å². The topological polar surface area (TPSA) is 15.3 Å². The van der Waals surface area contributed by atoms with Crippen molar-refractivity contribution >= 4 is 0 Å². The Morgan fingerprint density at radius 2 is 2.00 bits per heavy atom. The molecule has 2 atom stereocenters. The number of piperazine rings is 1. The van der Waals surface area contributed by atoms with Crippen molar-refractivity contribution in [1.82, 2.24) is 10.2 Å². The van der Waals surface area contributed by atoms with Gasteiger partial charge in [0.2, 0.25) is 0 Å². The summed E-state index contributed by atoms with van der Waals surface area (Å²) in [5.74, 6) is 1.02. The Labute approximate surface area is 101 Å². The zero-order valence-electron chi connectivity index (χ0n) is 11.0. The first kappa shape index (κ1) is 12.4. The van der Waals surface area contributed by atoms with Gasteiger partial charge in [-0.25, -0.2) is 0 Å². The highest BCUT2D eigenvalue weighted by Gasteiger charge is 2.37. The minimum Gasteiger partial charge on any atom is -0.311 e. The van der Waals surface area contributed by atoms with Gasteiger partial charge in [0, 0.05) is 25.2 Å². The SMILES string of the molecule is CCCCCCN1CC(C)NCC1C1CC1. The number of hydrogen-bond donors (Lipinski definition) is 1. The van der Waals surface area contributed by atoms with E-state index in [1.165, 1.54) is 58.2 Å². The van der Waals surface area contributed by atoms with Gasteiger partial charge in [-0.15, -0.1) is 0 Å². The maximum atomic E-state index is 3.64. The summed E-state index contributed by atoms with van der Waals surface area (Å²) < 4.78 is 0. The quantitative estimate of drug-likeness (QED) is 0.698. The van der Waals surface area contributed by atoms with Crippen LogP contribution in [0.4, 0.5) is 0 Å². The Morgan fingerprint density at radius 3 is 2.69 bits per heavy atom. The minimum atomic E-state index is 0.696. The average molecular weight is 224 g/mol. The highest BCUT2D eigenvalue weighted by molar-refractivity contribution is 4.94. The van der Waals surface area contributed by atoms with Gasteiger partial charge >= 0.3 is 0 Å². The van der Waals surface area contributed by atoms with Gasteiger partial charge in [-0.2, -0.15) is 0 Å². The van der Waals surface area contributed by atoms with Crippen LogP contribution in [0.3, 0.4) is 0 Å². The van der Waals surface area contributed by atoms with Gasteiger partial charge in [0.1, 0.15) is 0 Å². The Bertz CT molecular complexity index is 201. The molecule has 2 heteroatoms. The van der Waals surface area contributed by atoms with E-state index >= 15 is 0 Å². The molecule has 2 fully saturated rings. The van der Waals surface area contributed by atoms with E-state index in [1.807, 2.05) is 0 Å².